The van der Waals surface area contributed by atoms with E-state index in [4.69, 9.17) is 4.74 Å². The number of rotatable bonds is 5. The lowest BCUT2D eigenvalue weighted by molar-refractivity contribution is 0.101. The number of hydrogen-bond donors (Lipinski definition) is 1. The fourth-order valence-electron chi connectivity index (χ4n) is 2.88. The van der Waals surface area contributed by atoms with E-state index in [1.54, 1.807) is 11.3 Å². The Labute approximate surface area is 152 Å². The fourth-order valence-corrected chi connectivity index (χ4v) is 4.59. The summed E-state index contributed by atoms with van der Waals surface area (Å²) in [6, 6.07) is 9.76. The maximum atomic E-state index is 12.7. The van der Waals surface area contributed by atoms with Crippen LogP contribution in [-0.4, -0.2) is 22.1 Å². The SMILES string of the molecule is CCOc1ccc2nc(NC(=O)c3cc4sccc4n3CC)sc2c1. The third-order valence-electron chi connectivity index (χ3n) is 3.96. The van der Waals surface area contributed by atoms with Crippen LogP contribution in [0.25, 0.3) is 20.4 Å². The number of carbonyl (C=O) groups is 1. The number of nitrogens with one attached hydrogen (secondary N) is 1. The van der Waals surface area contributed by atoms with Gasteiger partial charge in [-0.1, -0.05) is 11.3 Å². The van der Waals surface area contributed by atoms with Crippen molar-refractivity contribution in [2.45, 2.75) is 20.4 Å². The molecule has 7 heteroatoms. The molecule has 4 aromatic rings. The summed E-state index contributed by atoms with van der Waals surface area (Å²) in [5.41, 5.74) is 2.62. The second kappa shape index (κ2) is 6.50. The molecule has 1 N–H and O–H groups in total. The normalized spacial score (nSPS) is 11.3. The molecule has 5 nitrogen and oxygen atoms in total. The van der Waals surface area contributed by atoms with Gasteiger partial charge < -0.3 is 9.30 Å². The first-order valence-corrected chi connectivity index (χ1v) is 9.80. The van der Waals surface area contributed by atoms with Gasteiger partial charge in [0.25, 0.3) is 5.91 Å². The van der Waals surface area contributed by atoms with Crippen LogP contribution in [0.2, 0.25) is 0 Å². The smallest absolute Gasteiger partial charge is 0.274 e. The maximum Gasteiger partial charge on any atom is 0.274 e. The zero-order valence-corrected chi connectivity index (χ0v) is 15.5. The van der Waals surface area contributed by atoms with Crippen molar-refractivity contribution in [3.8, 4) is 5.75 Å². The van der Waals surface area contributed by atoms with Gasteiger partial charge in [0, 0.05) is 6.54 Å². The summed E-state index contributed by atoms with van der Waals surface area (Å²) in [6.07, 6.45) is 0. The van der Waals surface area contributed by atoms with Gasteiger partial charge in [0.2, 0.25) is 0 Å². The van der Waals surface area contributed by atoms with E-state index in [1.807, 2.05) is 54.1 Å². The number of thiophene rings is 1. The number of nitrogens with zero attached hydrogens (tertiary/aromatic N) is 2. The predicted molar refractivity (Wildman–Crippen MR) is 104 cm³/mol. The molecule has 0 saturated heterocycles. The van der Waals surface area contributed by atoms with Crippen molar-refractivity contribution in [2.75, 3.05) is 11.9 Å². The van der Waals surface area contributed by atoms with Gasteiger partial charge in [-0.05, 0) is 49.6 Å². The zero-order chi connectivity index (χ0) is 17.4. The minimum absolute atomic E-state index is 0.130. The molecular weight excluding hydrogens is 354 g/mol. The van der Waals surface area contributed by atoms with Gasteiger partial charge in [-0.15, -0.1) is 11.3 Å². The molecule has 0 unspecified atom stereocenters. The number of carbonyl (C=O) groups excluding carboxylic acids is 1. The van der Waals surface area contributed by atoms with Crippen LogP contribution in [0.4, 0.5) is 5.13 Å². The molecule has 3 heterocycles. The summed E-state index contributed by atoms with van der Waals surface area (Å²) in [6.45, 7) is 5.37. The van der Waals surface area contributed by atoms with Gasteiger partial charge in [-0.2, -0.15) is 0 Å². The Morgan fingerprint density at radius 2 is 2.12 bits per heavy atom. The highest BCUT2D eigenvalue weighted by Gasteiger charge is 2.17. The molecule has 3 aromatic heterocycles. The number of anilines is 1. The second-order valence-electron chi connectivity index (χ2n) is 5.48. The highest BCUT2D eigenvalue weighted by atomic mass is 32.1. The Hall–Kier alpha value is -2.38. The molecular formula is C18H17N3O2S2. The van der Waals surface area contributed by atoms with Crippen molar-refractivity contribution in [1.29, 1.82) is 0 Å². The molecule has 0 aliphatic carbocycles. The van der Waals surface area contributed by atoms with Crippen molar-refractivity contribution in [3.63, 3.8) is 0 Å². The minimum atomic E-state index is -0.130. The first-order chi connectivity index (χ1) is 12.2. The van der Waals surface area contributed by atoms with Crippen LogP contribution in [0, 0.1) is 0 Å². The molecule has 25 heavy (non-hydrogen) atoms. The lowest BCUT2D eigenvalue weighted by atomic mass is 10.3. The van der Waals surface area contributed by atoms with Gasteiger partial charge in [-0.25, -0.2) is 4.98 Å². The molecule has 0 radical (unpaired) electrons. The number of amides is 1. The largest absolute Gasteiger partial charge is 0.494 e. The second-order valence-corrected chi connectivity index (χ2v) is 7.46. The highest BCUT2D eigenvalue weighted by Crippen LogP contribution is 2.30. The lowest BCUT2D eigenvalue weighted by Gasteiger charge is -2.06. The van der Waals surface area contributed by atoms with Crippen LogP contribution in [0.15, 0.2) is 35.7 Å². The van der Waals surface area contributed by atoms with Crippen molar-refractivity contribution < 1.29 is 9.53 Å². The van der Waals surface area contributed by atoms with Crippen LogP contribution in [0.5, 0.6) is 5.75 Å². The van der Waals surface area contributed by atoms with E-state index in [9.17, 15) is 4.79 Å². The van der Waals surface area contributed by atoms with Crippen LogP contribution < -0.4 is 10.1 Å². The van der Waals surface area contributed by atoms with E-state index in [0.717, 1.165) is 32.7 Å². The van der Waals surface area contributed by atoms with Crippen molar-refractivity contribution in [3.05, 3.63) is 41.4 Å². The molecule has 0 spiro atoms. The quantitative estimate of drug-likeness (QED) is 0.538. The Kier molecular flexibility index (Phi) is 4.19. The summed E-state index contributed by atoms with van der Waals surface area (Å²) in [4.78, 5) is 17.2. The monoisotopic (exact) mass is 371 g/mol. The molecule has 0 saturated carbocycles. The van der Waals surface area contributed by atoms with E-state index in [-0.39, 0.29) is 5.91 Å². The van der Waals surface area contributed by atoms with Gasteiger partial charge in [0.1, 0.15) is 11.4 Å². The number of thiazole rings is 1. The lowest BCUT2D eigenvalue weighted by Crippen LogP contribution is -2.16. The number of aromatic nitrogens is 2. The van der Waals surface area contributed by atoms with Crippen molar-refractivity contribution in [2.24, 2.45) is 0 Å². The van der Waals surface area contributed by atoms with Gasteiger partial charge in [0.05, 0.1) is 27.0 Å². The molecule has 0 fully saturated rings. The third kappa shape index (κ3) is 2.89. The number of hydrogen-bond acceptors (Lipinski definition) is 5. The average Bonchev–Trinajstić information content (AvgIpc) is 3.27. The molecule has 0 atom stereocenters. The summed E-state index contributed by atoms with van der Waals surface area (Å²) in [5.74, 6) is 0.686. The number of benzene rings is 1. The van der Waals surface area contributed by atoms with Gasteiger partial charge in [-0.3, -0.25) is 10.1 Å². The molecule has 128 valence electrons. The summed E-state index contributed by atoms with van der Waals surface area (Å²) in [7, 11) is 0. The van der Waals surface area contributed by atoms with Crippen LogP contribution >= 0.6 is 22.7 Å². The Bertz CT molecular complexity index is 1060. The third-order valence-corrected chi connectivity index (χ3v) is 5.75. The van der Waals surface area contributed by atoms with E-state index in [1.165, 1.54) is 11.3 Å². The van der Waals surface area contributed by atoms with Gasteiger partial charge in [0.15, 0.2) is 5.13 Å². The number of ether oxygens (including phenoxy) is 1. The molecule has 1 amide bonds. The van der Waals surface area contributed by atoms with Crippen LogP contribution in [-0.2, 0) is 6.54 Å². The number of aryl methyl sites for hydroxylation is 1. The van der Waals surface area contributed by atoms with E-state index in [0.29, 0.717) is 17.4 Å². The molecule has 0 bridgehead atoms. The number of fused-ring (bicyclic) bond motifs is 2. The predicted octanol–water partition coefficient (Wildman–Crippen LogP) is 4.98. The zero-order valence-electron chi connectivity index (χ0n) is 13.9. The summed E-state index contributed by atoms with van der Waals surface area (Å²) < 4.78 is 9.66. The van der Waals surface area contributed by atoms with Crippen LogP contribution in [0.1, 0.15) is 24.3 Å². The van der Waals surface area contributed by atoms with Crippen LogP contribution in [0.3, 0.4) is 0 Å². The van der Waals surface area contributed by atoms with E-state index < -0.39 is 0 Å². The molecule has 0 aliphatic rings. The Morgan fingerprint density at radius 3 is 2.92 bits per heavy atom. The van der Waals surface area contributed by atoms with Crippen molar-refractivity contribution in [1.82, 2.24) is 9.55 Å². The Morgan fingerprint density at radius 1 is 1.24 bits per heavy atom. The maximum absolute atomic E-state index is 12.7. The van der Waals surface area contributed by atoms with Crippen molar-refractivity contribution >= 4 is 54.1 Å². The average molecular weight is 371 g/mol. The molecule has 0 aliphatic heterocycles. The summed E-state index contributed by atoms with van der Waals surface area (Å²) >= 11 is 3.10. The topological polar surface area (TPSA) is 56.1 Å². The summed E-state index contributed by atoms with van der Waals surface area (Å²) in [5, 5.41) is 5.58. The first-order valence-electron chi connectivity index (χ1n) is 8.11. The first kappa shape index (κ1) is 16.1. The molecule has 4 rings (SSSR count). The minimum Gasteiger partial charge on any atom is -0.494 e. The van der Waals surface area contributed by atoms with Gasteiger partial charge >= 0.3 is 0 Å². The van der Waals surface area contributed by atoms with E-state index in [2.05, 4.69) is 10.3 Å². The standard InChI is InChI=1S/C18H17N3O2S2/c1-3-21-13-7-8-24-16(13)10-14(21)17(22)20-18-19-12-6-5-11(23-4-2)9-15(12)25-18/h5-10H,3-4H2,1-2H3,(H,19,20,22). The van der Waals surface area contributed by atoms with E-state index >= 15 is 0 Å². The molecule has 1 aromatic carbocycles. The highest BCUT2D eigenvalue weighted by molar-refractivity contribution is 7.22. The Balaban J connectivity index is 1.63. The fraction of sp³-hybridized carbons (Fsp3) is 0.222.